The van der Waals surface area contributed by atoms with Crippen LogP contribution in [0.2, 0.25) is 10.2 Å². The minimum absolute atomic E-state index is 0.0858. The maximum Gasteiger partial charge on any atom is 0.265 e. The smallest absolute Gasteiger partial charge is 0.265 e. The van der Waals surface area contributed by atoms with Crippen molar-refractivity contribution in [3.63, 3.8) is 0 Å². The Balaban J connectivity index is 2.49. The molecule has 21 heavy (non-hydrogen) atoms. The molecule has 0 aliphatic rings. The molecule has 0 spiro atoms. The van der Waals surface area contributed by atoms with Gasteiger partial charge in [0, 0.05) is 11.2 Å². The van der Waals surface area contributed by atoms with Crippen molar-refractivity contribution >= 4 is 54.8 Å². The van der Waals surface area contributed by atoms with Crippen LogP contribution in [0.4, 0.5) is 5.69 Å². The van der Waals surface area contributed by atoms with Crippen LogP contribution in [0.25, 0.3) is 0 Å². The molecule has 0 saturated heterocycles. The van der Waals surface area contributed by atoms with E-state index in [1.54, 1.807) is 6.07 Å². The molecule has 0 saturated carbocycles. The van der Waals surface area contributed by atoms with Crippen LogP contribution < -0.4 is 9.46 Å². The molecule has 9 heteroatoms. The molecule has 0 atom stereocenters. The van der Waals surface area contributed by atoms with Crippen LogP contribution in [0, 0.1) is 0 Å². The largest absolute Gasteiger partial charge is 0.494 e. The number of benzene rings is 1. The SMILES string of the molecule is COc1c(Br)cc(Cl)cc1S(=O)(=O)Nc1ccnc(Cl)c1. The van der Waals surface area contributed by atoms with Crippen LogP contribution in [-0.2, 0) is 10.0 Å². The normalized spacial score (nSPS) is 11.2. The molecule has 0 bridgehead atoms. The summed E-state index contributed by atoms with van der Waals surface area (Å²) in [5.74, 6) is 0.159. The Morgan fingerprint density at radius 2 is 2.00 bits per heavy atom. The predicted molar refractivity (Wildman–Crippen MR) is 85.8 cm³/mol. The highest BCUT2D eigenvalue weighted by atomic mass is 79.9. The van der Waals surface area contributed by atoms with Gasteiger partial charge in [-0.25, -0.2) is 13.4 Å². The van der Waals surface area contributed by atoms with Gasteiger partial charge in [-0.1, -0.05) is 23.2 Å². The third kappa shape index (κ3) is 3.79. The van der Waals surface area contributed by atoms with Crippen molar-refractivity contribution in [3.05, 3.63) is 45.1 Å². The average Bonchev–Trinajstić information content (AvgIpc) is 2.37. The molecule has 0 aliphatic carbocycles. The molecular weight excluding hydrogens is 403 g/mol. The molecule has 0 unspecified atom stereocenters. The molecule has 1 heterocycles. The minimum Gasteiger partial charge on any atom is -0.494 e. The van der Waals surface area contributed by atoms with E-state index in [9.17, 15) is 8.42 Å². The Labute approximate surface area is 140 Å². The highest BCUT2D eigenvalue weighted by molar-refractivity contribution is 9.10. The first-order valence-electron chi connectivity index (χ1n) is 5.51. The number of ether oxygens (including phenoxy) is 1. The number of nitrogens with zero attached hydrogens (tertiary/aromatic N) is 1. The summed E-state index contributed by atoms with van der Waals surface area (Å²) in [5, 5.41) is 0.435. The number of nitrogens with one attached hydrogen (secondary N) is 1. The van der Waals surface area contributed by atoms with Gasteiger partial charge in [0.2, 0.25) is 0 Å². The molecular formula is C12H9BrCl2N2O3S. The fraction of sp³-hybridized carbons (Fsp3) is 0.0833. The second-order valence-electron chi connectivity index (χ2n) is 3.89. The summed E-state index contributed by atoms with van der Waals surface area (Å²) in [5.41, 5.74) is 0.285. The topological polar surface area (TPSA) is 68.3 Å². The van der Waals surface area contributed by atoms with Crippen molar-refractivity contribution in [2.45, 2.75) is 4.90 Å². The third-order valence-corrected chi connectivity index (χ3v) is 4.85. The van der Waals surface area contributed by atoms with Crippen LogP contribution >= 0.6 is 39.1 Å². The van der Waals surface area contributed by atoms with Crippen LogP contribution in [-0.4, -0.2) is 20.5 Å². The van der Waals surface area contributed by atoms with Gasteiger partial charge < -0.3 is 4.74 Å². The molecule has 0 radical (unpaired) electrons. The fourth-order valence-corrected chi connectivity index (χ4v) is 4.22. The Bertz CT molecular complexity index is 784. The van der Waals surface area contributed by atoms with Crippen LogP contribution in [0.1, 0.15) is 0 Å². The molecule has 112 valence electrons. The van der Waals surface area contributed by atoms with Crippen LogP contribution in [0.5, 0.6) is 5.75 Å². The molecule has 0 aliphatic heterocycles. The maximum atomic E-state index is 12.5. The van der Waals surface area contributed by atoms with E-state index in [2.05, 4.69) is 25.6 Å². The molecule has 0 amide bonds. The molecule has 0 fully saturated rings. The first kappa shape index (κ1) is 16.4. The van der Waals surface area contributed by atoms with E-state index >= 15 is 0 Å². The summed E-state index contributed by atoms with van der Waals surface area (Å²) in [7, 11) is -2.52. The molecule has 1 N–H and O–H groups in total. The van der Waals surface area contributed by atoms with Crippen molar-refractivity contribution < 1.29 is 13.2 Å². The second kappa shape index (κ2) is 6.39. The zero-order chi connectivity index (χ0) is 15.6. The van der Waals surface area contributed by atoms with Gasteiger partial charge in [0.1, 0.15) is 10.0 Å². The van der Waals surface area contributed by atoms with Crippen molar-refractivity contribution in [1.82, 2.24) is 4.98 Å². The van der Waals surface area contributed by atoms with Crippen molar-refractivity contribution in [2.24, 2.45) is 0 Å². The van der Waals surface area contributed by atoms with Gasteiger partial charge in [0.05, 0.1) is 17.3 Å². The molecule has 1 aromatic heterocycles. The van der Waals surface area contributed by atoms with E-state index in [1.165, 1.54) is 31.5 Å². The lowest BCUT2D eigenvalue weighted by molar-refractivity contribution is 0.400. The number of anilines is 1. The average molecular weight is 412 g/mol. The summed E-state index contributed by atoms with van der Waals surface area (Å²) in [6.45, 7) is 0. The van der Waals surface area contributed by atoms with Gasteiger partial charge in [-0.2, -0.15) is 0 Å². The van der Waals surface area contributed by atoms with Crippen LogP contribution in [0.15, 0.2) is 39.8 Å². The summed E-state index contributed by atoms with van der Waals surface area (Å²) >= 11 is 14.8. The quantitative estimate of drug-likeness (QED) is 0.773. The molecule has 1 aromatic carbocycles. The van der Waals surface area contributed by atoms with Gasteiger partial charge in [0.15, 0.2) is 5.75 Å². The van der Waals surface area contributed by atoms with Gasteiger partial charge in [-0.15, -0.1) is 0 Å². The van der Waals surface area contributed by atoms with E-state index in [-0.39, 0.29) is 26.5 Å². The monoisotopic (exact) mass is 410 g/mol. The maximum absolute atomic E-state index is 12.5. The Hall–Kier alpha value is -1.02. The number of methoxy groups -OCH3 is 1. The number of rotatable bonds is 4. The van der Waals surface area contributed by atoms with Gasteiger partial charge in [-0.3, -0.25) is 4.72 Å². The van der Waals surface area contributed by atoms with E-state index in [0.29, 0.717) is 4.47 Å². The summed E-state index contributed by atoms with van der Waals surface area (Å²) < 4.78 is 32.9. The zero-order valence-corrected chi connectivity index (χ0v) is 14.5. The number of sulfonamides is 1. The predicted octanol–water partition coefficient (Wildman–Crippen LogP) is 3.96. The number of hydrogen-bond acceptors (Lipinski definition) is 4. The second-order valence-corrected chi connectivity index (χ2v) is 7.22. The van der Waals surface area contributed by atoms with E-state index < -0.39 is 10.0 Å². The third-order valence-electron chi connectivity index (χ3n) is 2.45. The molecule has 2 aromatic rings. The Morgan fingerprint density at radius 1 is 1.29 bits per heavy atom. The number of halogens is 3. The number of aromatic nitrogens is 1. The molecule has 2 rings (SSSR count). The van der Waals surface area contributed by atoms with Crippen molar-refractivity contribution in [1.29, 1.82) is 0 Å². The first-order chi connectivity index (χ1) is 9.83. The van der Waals surface area contributed by atoms with Gasteiger partial charge >= 0.3 is 0 Å². The first-order valence-corrected chi connectivity index (χ1v) is 8.54. The fourth-order valence-electron chi connectivity index (χ4n) is 1.61. The van der Waals surface area contributed by atoms with E-state index in [4.69, 9.17) is 27.9 Å². The standard InChI is InChI=1S/C12H9BrCl2N2O3S/c1-20-12-9(13)4-7(14)5-10(12)21(18,19)17-8-2-3-16-11(15)6-8/h2-6H,1H3,(H,16,17). The highest BCUT2D eigenvalue weighted by Crippen LogP contribution is 2.36. The van der Waals surface area contributed by atoms with Gasteiger partial charge in [-0.05, 0) is 40.2 Å². The van der Waals surface area contributed by atoms with Crippen LogP contribution in [0.3, 0.4) is 0 Å². The van der Waals surface area contributed by atoms with Crippen molar-refractivity contribution in [3.8, 4) is 5.75 Å². The highest BCUT2D eigenvalue weighted by Gasteiger charge is 2.22. The summed E-state index contributed by atoms with van der Waals surface area (Å²) in [6.07, 6.45) is 1.39. The number of pyridine rings is 1. The summed E-state index contributed by atoms with van der Waals surface area (Å²) in [4.78, 5) is 3.70. The Kier molecular flexibility index (Phi) is 4.98. The minimum atomic E-state index is -3.89. The van der Waals surface area contributed by atoms with Gasteiger partial charge in [0.25, 0.3) is 10.0 Å². The Morgan fingerprint density at radius 3 is 2.62 bits per heavy atom. The lowest BCUT2D eigenvalue weighted by Gasteiger charge is -2.13. The van der Waals surface area contributed by atoms with E-state index in [0.717, 1.165) is 0 Å². The zero-order valence-electron chi connectivity index (χ0n) is 10.6. The lowest BCUT2D eigenvalue weighted by Crippen LogP contribution is -2.14. The summed E-state index contributed by atoms with van der Waals surface area (Å²) in [6, 6.07) is 5.72. The van der Waals surface area contributed by atoms with Crippen molar-refractivity contribution in [2.75, 3.05) is 11.8 Å². The molecule has 5 nitrogen and oxygen atoms in total. The lowest BCUT2D eigenvalue weighted by atomic mass is 10.3. The number of hydrogen-bond donors (Lipinski definition) is 1. The van der Waals surface area contributed by atoms with E-state index in [1.807, 2.05) is 0 Å².